The first kappa shape index (κ1) is 21.1. The molecule has 0 aliphatic rings. The standard InChI is InChI=1S/C18H13N3O2.C4H6O2/c1-23-17(22)8-7-14-9-13(11-19)10-16-18(14)21(12-20-16)15-5-3-2-4-6-15;1-3-4(5)6-2/h2-10,12H,1H3;3H,1H2,2H3/b8-7+;. The highest BCUT2D eigenvalue weighted by atomic mass is 16.5. The summed E-state index contributed by atoms with van der Waals surface area (Å²) in [7, 11) is 2.63. The highest BCUT2D eigenvalue weighted by Crippen LogP contribution is 2.24. The van der Waals surface area contributed by atoms with E-state index in [0.29, 0.717) is 11.1 Å². The number of nitriles is 1. The smallest absolute Gasteiger partial charge is 0.330 e. The van der Waals surface area contributed by atoms with E-state index >= 15 is 0 Å². The number of esters is 2. The molecule has 1 aromatic heterocycles. The first-order valence-electron chi connectivity index (χ1n) is 8.47. The van der Waals surface area contributed by atoms with Crippen LogP contribution in [0.15, 0.2) is 67.5 Å². The number of methoxy groups -OCH3 is 2. The van der Waals surface area contributed by atoms with Crippen LogP contribution in [0, 0.1) is 11.3 Å². The zero-order valence-electron chi connectivity index (χ0n) is 16.0. The van der Waals surface area contributed by atoms with Gasteiger partial charge in [-0.3, -0.25) is 4.57 Å². The molecule has 7 nitrogen and oxygen atoms in total. The third kappa shape index (κ3) is 5.40. The Morgan fingerprint density at radius 3 is 2.38 bits per heavy atom. The number of hydrogen-bond donors (Lipinski definition) is 0. The average molecular weight is 389 g/mol. The highest BCUT2D eigenvalue weighted by molar-refractivity contribution is 5.93. The summed E-state index contributed by atoms with van der Waals surface area (Å²) in [5, 5.41) is 9.17. The minimum absolute atomic E-state index is 0.394. The summed E-state index contributed by atoms with van der Waals surface area (Å²) in [6.45, 7) is 3.16. The van der Waals surface area contributed by atoms with E-state index < -0.39 is 11.9 Å². The van der Waals surface area contributed by atoms with Gasteiger partial charge in [0.15, 0.2) is 0 Å². The van der Waals surface area contributed by atoms with Crippen LogP contribution in [-0.2, 0) is 19.1 Å². The second kappa shape index (κ2) is 10.2. The lowest BCUT2D eigenvalue weighted by atomic mass is 10.1. The third-order valence-electron chi connectivity index (χ3n) is 3.80. The van der Waals surface area contributed by atoms with Gasteiger partial charge in [-0.25, -0.2) is 14.6 Å². The van der Waals surface area contributed by atoms with Crippen LogP contribution in [0.5, 0.6) is 0 Å². The van der Waals surface area contributed by atoms with Crippen molar-refractivity contribution in [3.05, 3.63) is 78.6 Å². The maximum absolute atomic E-state index is 11.4. The van der Waals surface area contributed by atoms with Gasteiger partial charge in [-0.15, -0.1) is 0 Å². The molecule has 0 atom stereocenters. The lowest BCUT2D eigenvalue weighted by Gasteiger charge is -2.07. The highest BCUT2D eigenvalue weighted by Gasteiger charge is 2.10. The predicted octanol–water partition coefficient (Wildman–Crippen LogP) is 3.43. The molecule has 2 aromatic carbocycles. The SMILES string of the molecule is C=CC(=O)OC.COC(=O)/C=C/c1cc(C#N)cc2ncn(-c3ccccc3)c12. The van der Waals surface area contributed by atoms with Gasteiger partial charge in [0, 0.05) is 23.4 Å². The summed E-state index contributed by atoms with van der Waals surface area (Å²) >= 11 is 0. The maximum Gasteiger partial charge on any atom is 0.330 e. The Bertz CT molecular complexity index is 1090. The van der Waals surface area contributed by atoms with Crippen LogP contribution >= 0.6 is 0 Å². The summed E-state index contributed by atoms with van der Waals surface area (Å²) in [4.78, 5) is 25.6. The molecule has 29 heavy (non-hydrogen) atoms. The fraction of sp³-hybridized carbons (Fsp3) is 0.0909. The van der Waals surface area contributed by atoms with E-state index in [1.165, 1.54) is 20.3 Å². The molecule has 7 heteroatoms. The van der Waals surface area contributed by atoms with E-state index in [1.54, 1.807) is 24.5 Å². The Hall–Kier alpha value is -4.18. The number of carbonyl (C=O) groups is 2. The number of rotatable bonds is 4. The fourth-order valence-electron chi connectivity index (χ4n) is 2.46. The van der Waals surface area contributed by atoms with Crippen LogP contribution in [0.2, 0.25) is 0 Å². The minimum atomic E-state index is -0.453. The van der Waals surface area contributed by atoms with Crippen molar-refractivity contribution in [2.75, 3.05) is 14.2 Å². The van der Waals surface area contributed by atoms with Gasteiger partial charge in [0.25, 0.3) is 0 Å². The summed E-state index contributed by atoms with van der Waals surface area (Å²) in [5.41, 5.74) is 3.69. The molecule has 0 unspecified atom stereocenters. The van der Waals surface area contributed by atoms with Gasteiger partial charge in [0.05, 0.1) is 36.9 Å². The lowest BCUT2D eigenvalue weighted by Crippen LogP contribution is -1.96. The molecular formula is C22H19N3O4. The molecule has 0 spiro atoms. The van der Waals surface area contributed by atoms with Gasteiger partial charge >= 0.3 is 11.9 Å². The van der Waals surface area contributed by atoms with E-state index in [2.05, 4.69) is 27.1 Å². The molecule has 3 aromatic rings. The predicted molar refractivity (Wildman–Crippen MR) is 109 cm³/mol. The number of para-hydroxylation sites is 1. The molecule has 0 aliphatic heterocycles. The first-order valence-corrected chi connectivity index (χ1v) is 8.47. The van der Waals surface area contributed by atoms with Crippen LogP contribution in [0.4, 0.5) is 0 Å². The molecule has 0 radical (unpaired) electrons. The van der Waals surface area contributed by atoms with Crippen molar-refractivity contribution in [2.45, 2.75) is 0 Å². The quantitative estimate of drug-likeness (QED) is 0.501. The Labute approximate surface area is 168 Å². The molecular weight excluding hydrogens is 370 g/mol. The van der Waals surface area contributed by atoms with Crippen molar-refractivity contribution in [1.29, 1.82) is 5.26 Å². The molecule has 0 aliphatic carbocycles. The molecule has 0 amide bonds. The molecule has 0 saturated heterocycles. The number of carbonyl (C=O) groups excluding carboxylic acids is 2. The maximum atomic E-state index is 11.4. The van der Waals surface area contributed by atoms with E-state index in [-0.39, 0.29) is 0 Å². The number of nitrogens with zero attached hydrogens (tertiary/aromatic N) is 3. The largest absolute Gasteiger partial charge is 0.466 e. The van der Waals surface area contributed by atoms with Crippen LogP contribution in [0.3, 0.4) is 0 Å². The van der Waals surface area contributed by atoms with E-state index in [1.807, 2.05) is 34.9 Å². The molecule has 1 heterocycles. The van der Waals surface area contributed by atoms with Crippen molar-refractivity contribution in [2.24, 2.45) is 0 Å². The Morgan fingerprint density at radius 1 is 1.14 bits per heavy atom. The number of fused-ring (bicyclic) bond motifs is 1. The molecule has 0 saturated carbocycles. The Balaban J connectivity index is 0.000000438. The van der Waals surface area contributed by atoms with E-state index in [0.717, 1.165) is 22.8 Å². The van der Waals surface area contributed by atoms with Gasteiger partial charge in [-0.1, -0.05) is 24.8 Å². The normalized spacial score (nSPS) is 9.97. The number of ether oxygens (including phenoxy) is 2. The van der Waals surface area contributed by atoms with Crippen LogP contribution < -0.4 is 0 Å². The summed E-state index contributed by atoms with van der Waals surface area (Å²) < 4.78 is 10.7. The zero-order chi connectivity index (χ0) is 21.2. The van der Waals surface area contributed by atoms with Gasteiger partial charge in [0.2, 0.25) is 0 Å². The topological polar surface area (TPSA) is 94.2 Å². The van der Waals surface area contributed by atoms with Gasteiger partial charge < -0.3 is 9.47 Å². The van der Waals surface area contributed by atoms with Gasteiger partial charge in [0.1, 0.15) is 6.33 Å². The molecule has 146 valence electrons. The molecule has 0 bridgehead atoms. The number of aromatic nitrogens is 2. The van der Waals surface area contributed by atoms with Crippen LogP contribution in [0.25, 0.3) is 22.8 Å². The number of hydrogen-bond acceptors (Lipinski definition) is 6. The summed E-state index contributed by atoms with van der Waals surface area (Å²) in [6, 6.07) is 15.3. The van der Waals surface area contributed by atoms with Crippen LogP contribution in [-0.4, -0.2) is 35.7 Å². The Kier molecular flexibility index (Phi) is 7.45. The van der Waals surface area contributed by atoms with E-state index in [4.69, 9.17) is 5.26 Å². The van der Waals surface area contributed by atoms with Crippen molar-refractivity contribution in [1.82, 2.24) is 9.55 Å². The monoisotopic (exact) mass is 389 g/mol. The molecule has 0 fully saturated rings. The zero-order valence-corrected chi connectivity index (χ0v) is 16.0. The first-order chi connectivity index (χ1) is 14.0. The second-order valence-electron chi connectivity index (χ2n) is 5.58. The lowest BCUT2D eigenvalue weighted by molar-refractivity contribution is -0.135. The Morgan fingerprint density at radius 2 is 1.83 bits per heavy atom. The van der Waals surface area contributed by atoms with E-state index in [9.17, 15) is 9.59 Å². The summed E-state index contributed by atoms with van der Waals surface area (Å²) in [6.07, 6.45) is 5.78. The molecule has 3 rings (SSSR count). The van der Waals surface area contributed by atoms with Crippen molar-refractivity contribution in [3.8, 4) is 11.8 Å². The van der Waals surface area contributed by atoms with Crippen molar-refractivity contribution >= 4 is 29.0 Å². The van der Waals surface area contributed by atoms with Crippen molar-refractivity contribution < 1.29 is 19.1 Å². The van der Waals surface area contributed by atoms with Crippen LogP contribution in [0.1, 0.15) is 11.1 Å². The van der Waals surface area contributed by atoms with Gasteiger partial charge in [-0.05, 0) is 30.3 Å². The fourth-order valence-corrected chi connectivity index (χ4v) is 2.46. The van der Waals surface area contributed by atoms with Crippen molar-refractivity contribution in [3.63, 3.8) is 0 Å². The van der Waals surface area contributed by atoms with Gasteiger partial charge in [-0.2, -0.15) is 5.26 Å². The molecule has 0 N–H and O–H groups in total. The average Bonchev–Trinajstić information content (AvgIpc) is 3.21. The second-order valence-corrected chi connectivity index (χ2v) is 5.58. The third-order valence-corrected chi connectivity index (χ3v) is 3.80. The number of benzene rings is 2. The summed E-state index contributed by atoms with van der Waals surface area (Å²) in [5.74, 6) is -0.846. The number of imidazole rings is 1. The minimum Gasteiger partial charge on any atom is -0.466 e.